The van der Waals surface area contributed by atoms with Gasteiger partial charge in [0, 0.05) is 36.1 Å². The molecule has 4 nitrogen and oxygen atoms in total. The molecule has 25 heavy (non-hydrogen) atoms. The quantitative estimate of drug-likeness (QED) is 0.716. The number of rotatable bonds is 8. The van der Waals surface area contributed by atoms with Crippen molar-refractivity contribution in [2.45, 2.75) is 20.8 Å². The van der Waals surface area contributed by atoms with Gasteiger partial charge in [-0.25, -0.2) is 0 Å². The van der Waals surface area contributed by atoms with E-state index in [-0.39, 0.29) is 5.91 Å². The third-order valence-corrected chi connectivity index (χ3v) is 3.90. The molecule has 4 heteroatoms. The van der Waals surface area contributed by atoms with Crippen molar-refractivity contribution in [3.8, 4) is 5.75 Å². The van der Waals surface area contributed by atoms with Gasteiger partial charge < -0.3 is 15.0 Å². The highest BCUT2D eigenvalue weighted by atomic mass is 16.5. The van der Waals surface area contributed by atoms with Crippen molar-refractivity contribution < 1.29 is 9.53 Å². The number of nitrogens with zero attached hydrogens (tertiary/aromatic N) is 1. The molecule has 132 valence electrons. The van der Waals surface area contributed by atoms with Crippen molar-refractivity contribution in [1.82, 2.24) is 0 Å². The zero-order valence-corrected chi connectivity index (χ0v) is 15.2. The van der Waals surface area contributed by atoms with E-state index in [2.05, 4.69) is 24.1 Å². The minimum atomic E-state index is -0.165. The number of benzene rings is 2. The molecule has 0 aliphatic heterocycles. The molecule has 0 aromatic heterocycles. The number of carbonyl (C=O) groups excluding carboxylic acids is 1. The Kier molecular flexibility index (Phi) is 7.08. The average Bonchev–Trinajstić information content (AvgIpc) is 2.64. The van der Waals surface area contributed by atoms with Gasteiger partial charge in [0.15, 0.2) is 0 Å². The Morgan fingerprint density at radius 3 is 2.36 bits per heavy atom. The predicted octanol–water partition coefficient (Wildman–Crippen LogP) is 4.58. The highest BCUT2D eigenvalue weighted by Crippen LogP contribution is 2.20. The first-order chi connectivity index (χ1) is 12.2. The van der Waals surface area contributed by atoms with Gasteiger partial charge >= 0.3 is 0 Å². The smallest absolute Gasteiger partial charge is 0.248 e. The number of carbonyl (C=O) groups is 1. The van der Waals surface area contributed by atoms with Gasteiger partial charge in [-0.15, -0.1) is 0 Å². The molecule has 0 fully saturated rings. The van der Waals surface area contributed by atoms with Crippen molar-refractivity contribution >= 4 is 23.4 Å². The Labute approximate surface area is 150 Å². The lowest BCUT2D eigenvalue weighted by atomic mass is 10.2. The standard InChI is InChI=1S/C21H26N2O2/c1-4-23(5-2)19-14-12-18(13-15-19)22-21(24)16-11-17-9-7-8-10-20(17)25-6-3/h7-16H,4-6H2,1-3H3,(H,22,24)/b16-11+. The molecule has 2 rings (SSSR count). The normalized spacial score (nSPS) is 10.7. The molecule has 0 saturated heterocycles. The van der Waals surface area contributed by atoms with Crippen molar-refractivity contribution in [3.63, 3.8) is 0 Å². The molecule has 0 heterocycles. The first-order valence-electron chi connectivity index (χ1n) is 8.73. The lowest BCUT2D eigenvalue weighted by molar-refractivity contribution is -0.111. The summed E-state index contributed by atoms with van der Waals surface area (Å²) in [5.74, 6) is 0.611. The first-order valence-corrected chi connectivity index (χ1v) is 8.73. The number of anilines is 2. The molecule has 0 radical (unpaired) electrons. The number of amides is 1. The van der Waals surface area contributed by atoms with Gasteiger partial charge in [0.1, 0.15) is 5.75 Å². The van der Waals surface area contributed by atoms with Crippen molar-refractivity contribution in [2.24, 2.45) is 0 Å². The molecule has 2 aromatic carbocycles. The zero-order chi connectivity index (χ0) is 18.1. The number of hydrogen-bond donors (Lipinski definition) is 1. The van der Waals surface area contributed by atoms with Crippen LogP contribution in [0.5, 0.6) is 5.75 Å². The van der Waals surface area contributed by atoms with Crippen molar-refractivity contribution in [2.75, 3.05) is 29.9 Å². The maximum atomic E-state index is 12.1. The molecule has 0 bridgehead atoms. The molecular weight excluding hydrogens is 312 g/mol. The summed E-state index contributed by atoms with van der Waals surface area (Å²) in [6.45, 7) is 8.72. The maximum Gasteiger partial charge on any atom is 0.248 e. The van der Waals surface area contributed by atoms with E-state index in [1.165, 1.54) is 6.08 Å². The van der Waals surface area contributed by atoms with Gasteiger partial charge in [-0.1, -0.05) is 18.2 Å². The SMILES string of the molecule is CCOc1ccccc1/C=C/C(=O)Nc1ccc(N(CC)CC)cc1. The molecular formula is C21H26N2O2. The van der Waals surface area contributed by atoms with Gasteiger partial charge in [0.05, 0.1) is 6.61 Å². The van der Waals surface area contributed by atoms with Crippen LogP contribution < -0.4 is 15.0 Å². The Balaban J connectivity index is 2.00. The highest BCUT2D eigenvalue weighted by Gasteiger charge is 2.03. The summed E-state index contributed by atoms with van der Waals surface area (Å²) in [7, 11) is 0. The van der Waals surface area contributed by atoms with Crippen molar-refractivity contribution in [3.05, 3.63) is 60.2 Å². The van der Waals surface area contributed by atoms with Gasteiger partial charge in [-0.2, -0.15) is 0 Å². The highest BCUT2D eigenvalue weighted by molar-refractivity contribution is 6.02. The Morgan fingerprint density at radius 1 is 1.04 bits per heavy atom. The predicted molar refractivity (Wildman–Crippen MR) is 105 cm³/mol. The van der Waals surface area contributed by atoms with Crippen LogP contribution in [0.1, 0.15) is 26.3 Å². The monoisotopic (exact) mass is 338 g/mol. The summed E-state index contributed by atoms with van der Waals surface area (Å²) in [5.41, 5.74) is 2.82. The molecule has 0 spiro atoms. The third kappa shape index (κ3) is 5.38. The average molecular weight is 338 g/mol. The van der Waals surface area contributed by atoms with E-state index < -0.39 is 0 Å². The first kappa shape index (κ1) is 18.6. The van der Waals surface area contributed by atoms with Crippen LogP contribution in [0.3, 0.4) is 0 Å². The van der Waals surface area contributed by atoms with Crippen molar-refractivity contribution in [1.29, 1.82) is 0 Å². The minimum Gasteiger partial charge on any atom is -0.493 e. The van der Waals surface area contributed by atoms with Crippen LogP contribution in [0, 0.1) is 0 Å². The van der Waals surface area contributed by atoms with E-state index in [0.717, 1.165) is 35.8 Å². The number of para-hydroxylation sites is 1. The topological polar surface area (TPSA) is 41.6 Å². The zero-order valence-electron chi connectivity index (χ0n) is 15.2. The molecule has 0 atom stereocenters. The minimum absolute atomic E-state index is 0.165. The summed E-state index contributed by atoms with van der Waals surface area (Å²) >= 11 is 0. The molecule has 2 aromatic rings. The summed E-state index contributed by atoms with van der Waals surface area (Å²) in [6, 6.07) is 15.6. The van der Waals surface area contributed by atoms with Crippen LogP contribution in [0.15, 0.2) is 54.6 Å². The van der Waals surface area contributed by atoms with Gasteiger partial charge in [0.25, 0.3) is 0 Å². The lowest BCUT2D eigenvalue weighted by Gasteiger charge is -2.21. The summed E-state index contributed by atoms with van der Waals surface area (Å²) < 4.78 is 5.56. The Hall–Kier alpha value is -2.75. The molecule has 1 amide bonds. The van der Waals surface area contributed by atoms with E-state index in [1.54, 1.807) is 6.08 Å². The summed E-state index contributed by atoms with van der Waals surface area (Å²) in [6.07, 6.45) is 3.29. The number of nitrogens with one attached hydrogen (secondary N) is 1. The van der Waals surface area contributed by atoms with E-state index in [4.69, 9.17) is 4.74 Å². The molecule has 0 saturated carbocycles. The number of hydrogen-bond acceptors (Lipinski definition) is 3. The lowest BCUT2D eigenvalue weighted by Crippen LogP contribution is -2.21. The second kappa shape index (κ2) is 9.52. The van der Waals surface area contributed by atoms with Gasteiger partial charge in [-0.3, -0.25) is 4.79 Å². The fourth-order valence-electron chi connectivity index (χ4n) is 2.60. The van der Waals surface area contributed by atoms with Crippen LogP contribution in [0.4, 0.5) is 11.4 Å². The van der Waals surface area contributed by atoms with Gasteiger partial charge in [0.2, 0.25) is 5.91 Å². The van der Waals surface area contributed by atoms with E-state index in [1.807, 2.05) is 55.5 Å². The third-order valence-electron chi connectivity index (χ3n) is 3.90. The molecule has 0 aliphatic carbocycles. The van der Waals surface area contributed by atoms with Gasteiger partial charge in [-0.05, 0) is 57.2 Å². The summed E-state index contributed by atoms with van der Waals surface area (Å²) in [4.78, 5) is 14.4. The fourth-order valence-corrected chi connectivity index (χ4v) is 2.60. The maximum absolute atomic E-state index is 12.1. The largest absolute Gasteiger partial charge is 0.493 e. The summed E-state index contributed by atoms with van der Waals surface area (Å²) in [5, 5.41) is 2.88. The van der Waals surface area contributed by atoms with Crippen LogP contribution >= 0.6 is 0 Å². The Morgan fingerprint density at radius 2 is 1.72 bits per heavy atom. The number of ether oxygens (including phenoxy) is 1. The van der Waals surface area contributed by atoms with Crippen LogP contribution in [0.25, 0.3) is 6.08 Å². The second-order valence-electron chi connectivity index (χ2n) is 5.51. The van der Waals surface area contributed by atoms with E-state index >= 15 is 0 Å². The van der Waals surface area contributed by atoms with Crippen LogP contribution in [-0.4, -0.2) is 25.6 Å². The second-order valence-corrected chi connectivity index (χ2v) is 5.51. The van der Waals surface area contributed by atoms with E-state index in [0.29, 0.717) is 6.61 Å². The van der Waals surface area contributed by atoms with Crippen LogP contribution in [-0.2, 0) is 4.79 Å². The van der Waals surface area contributed by atoms with Crippen LogP contribution in [0.2, 0.25) is 0 Å². The molecule has 0 aliphatic rings. The Bertz CT molecular complexity index is 704. The molecule has 1 N–H and O–H groups in total. The fraction of sp³-hybridized carbons (Fsp3) is 0.286. The molecule has 0 unspecified atom stereocenters. The van der Waals surface area contributed by atoms with E-state index in [9.17, 15) is 4.79 Å².